The second kappa shape index (κ2) is 8.60. The first kappa shape index (κ1) is 18.1. The molecule has 1 atom stereocenters. The molecule has 134 valence electrons. The van der Waals surface area contributed by atoms with Gasteiger partial charge in [0.15, 0.2) is 0 Å². The van der Waals surface area contributed by atoms with Crippen LogP contribution in [0.5, 0.6) is 0 Å². The minimum Gasteiger partial charge on any atom is -0.346 e. The number of amides is 1. The molecule has 0 spiro atoms. The molecule has 0 unspecified atom stereocenters. The number of rotatable bonds is 6. The van der Waals surface area contributed by atoms with Crippen molar-refractivity contribution in [3.8, 4) is 0 Å². The number of hydrogen-bond donors (Lipinski definition) is 1. The van der Waals surface area contributed by atoms with Gasteiger partial charge in [-0.05, 0) is 37.5 Å². The van der Waals surface area contributed by atoms with E-state index in [0.29, 0.717) is 19.6 Å². The molecule has 25 heavy (non-hydrogen) atoms. The summed E-state index contributed by atoms with van der Waals surface area (Å²) >= 11 is 7.30. The lowest BCUT2D eigenvalue weighted by molar-refractivity contribution is -0.137. The molecule has 1 aliphatic heterocycles. The van der Waals surface area contributed by atoms with E-state index in [0.717, 1.165) is 40.9 Å². The van der Waals surface area contributed by atoms with Crippen molar-refractivity contribution in [3.05, 3.63) is 40.7 Å². The average Bonchev–Trinajstić information content (AvgIpc) is 3.10. The fourth-order valence-corrected chi connectivity index (χ4v) is 3.67. The monoisotopic (exact) mass is 380 g/mol. The SMILES string of the molecule is CCONC(=O)[C@H]1CCCN(c2nc(Cc3ccc(Cl)cc3)ns2)C1. The van der Waals surface area contributed by atoms with Crippen LogP contribution in [0.15, 0.2) is 24.3 Å². The number of hydroxylamine groups is 1. The summed E-state index contributed by atoms with van der Waals surface area (Å²) in [6, 6.07) is 7.71. The van der Waals surface area contributed by atoms with Crippen molar-refractivity contribution >= 4 is 34.2 Å². The van der Waals surface area contributed by atoms with Gasteiger partial charge in [0.05, 0.1) is 12.5 Å². The number of carbonyl (C=O) groups excluding carboxylic acids is 1. The normalized spacial score (nSPS) is 17.5. The quantitative estimate of drug-likeness (QED) is 0.780. The van der Waals surface area contributed by atoms with Gasteiger partial charge in [-0.2, -0.15) is 4.37 Å². The number of hydrogen-bond acceptors (Lipinski definition) is 6. The van der Waals surface area contributed by atoms with Gasteiger partial charge in [0.25, 0.3) is 0 Å². The van der Waals surface area contributed by atoms with Crippen LogP contribution in [0, 0.1) is 5.92 Å². The molecule has 1 aromatic carbocycles. The van der Waals surface area contributed by atoms with Gasteiger partial charge in [-0.1, -0.05) is 23.7 Å². The van der Waals surface area contributed by atoms with Crippen LogP contribution in [-0.2, 0) is 16.1 Å². The molecule has 0 aliphatic carbocycles. The summed E-state index contributed by atoms with van der Waals surface area (Å²) < 4.78 is 4.46. The van der Waals surface area contributed by atoms with E-state index in [1.807, 2.05) is 31.2 Å². The van der Waals surface area contributed by atoms with Crippen molar-refractivity contribution in [1.29, 1.82) is 0 Å². The zero-order chi connectivity index (χ0) is 17.6. The van der Waals surface area contributed by atoms with Crippen LogP contribution in [0.4, 0.5) is 5.13 Å². The highest BCUT2D eigenvalue weighted by Crippen LogP contribution is 2.25. The van der Waals surface area contributed by atoms with E-state index >= 15 is 0 Å². The molecule has 1 N–H and O–H groups in total. The van der Waals surface area contributed by atoms with Gasteiger partial charge in [-0.15, -0.1) is 0 Å². The number of aromatic nitrogens is 2. The van der Waals surface area contributed by atoms with E-state index in [4.69, 9.17) is 16.4 Å². The van der Waals surface area contributed by atoms with Gasteiger partial charge < -0.3 is 4.90 Å². The Bertz CT molecular complexity index is 707. The Hall–Kier alpha value is -1.70. The number of piperidine rings is 1. The summed E-state index contributed by atoms with van der Waals surface area (Å²) in [5, 5.41) is 1.60. The van der Waals surface area contributed by atoms with Crippen molar-refractivity contribution < 1.29 is 9.63 Å². The Morgan fingerprint density at radius 3 is 3.00 bits per heavy atom. The van der Waals surface area contributed by atoms with E-state index in [1.165, 1.54) is 11.5 Å². The van der Waals surface area contributed by atoms with E-state index in [1.54, 1.807) is 0 Å². The Morgan fingerprint density at radius 1 is 1.44 bits per heavy atom. The molecule has 0 saturated carbocycles. The lowest BCUT2D eigenvalue weighted by Crippen LogP contribution is -2.43. The highest BCUT2D eigenvalue weighted by molar-refractivity contribution is 7.09. The molecule has 1 fully saturated rings. The summed E-state index contributed by atoms with van der Waals surface area (Å²) in [6.45, 7) is 3.85. The highest BCUT2D eigenvalue weighted by Gasteiger charge is 2.27. The van der Waals surface area contributed by atoms with Gasteiger partial charge in [0.1, 0.15) is 5.82 Å². The molecule has 0 bridgehead atoms. The van der Waals surface area contributed by atoms with E-state index in [9.17, 15) is 4.79 Å². The first-order chi connectivity index (χ1) is 12.2. The molecule has 1 saturated heterocycles. The fraction of sp³-hybridized carbons (Fsp3) is 0.471. The zero-order valence-electron chi connectivity index (χ0n) is 14.1. The molecule has 1 aliphatic rings. The molecule has 1 amide bonds. The van der Waals surface area contributed by atoms with Crippen LogP contribution >= 0.6 is 23.1 Å². The lowest BCUT2D eigenvalue weighted by Gasteiger charge is -2.31. The summed E-state index contributed by atoms with van der Waals surface area (Å²) in [5.41, 5.74) is 3.63. The van der Waals surface area contributed by atoms with Crippen LogP contribution in [0.1, 0.15) is 31.2 Å². The van der Waals surface area contributed by atoms with Crippen molar-refractivity contribution in [1.82, 2.24) is 14.8 Å². The van der Waals surface area contributed by atoms with Gasteiger partial charge in [-0.25, -0.2) is 10.5 Å². The Balaban J connectivity index is 1.61. The summed E-state index contributed by atoms with van der Waals surface area (Å²) in [6.07, 6.45) is 2.50. The first-order valence-corrected chi connectivity index (χ1v) is 9.54. The molecular weight excluding hydrogens is 360 g/mol. The largest absolute Gasteiger partial charge is 0.346 e. The zero-order valence-corrected chi connectivity index (χ0v) is 15.6. The van der Waals surface area contributed by atoms with Crippen molar-refractivity contribution in [2.75, 3.05) is 24.6 Å². The van der Waals surface area contributed by atoms with Crippen LogP contribution in [0.25, 0.3) is 0 Å². The van der Waals surface area contributed by atoms with E-state index in [-0.39, 0.29) is 11.8 Å². The minimum atomic E-state index is -0.0797. The van der Waals surface area contributed by atoms with Crippen LogP contribution in [0.3, 0.4) is 0 Å². The first-order valence-electron chi connectivity index (χ1n) is 8.39. The second-order valence-electron chi connectivity index (χ2n) is 5.98. The maximum Gasteiger partial charge on any atom is 0.248 e. The number of carbonyl (C=O) groups is 1. The smallest absolute Gasteiger partial charge is 0.248 e. The van der Waals surface area contributed by atoms with Crippen molar-refractivity contribution in [2.45, 2.75) is 26.2 Å². The van der Waals surface area contributed by atoms with E-state index < -0.39 is 0 Å². The summed E-state index contributed by atoms with van der Waals surface area (Å²) in [7, 11) is 0. The Morgan fingerprint density at radius 2 is 2.24 bits per heavy atom. The van der Waals surface area contributed by atoms with Gasteiger partial charge >= 0.3 is 0 Å². The molecule has 6 nitrogen and oxygen atoms in total. The average molecular weight is 381 g/mol. The molecule has 2 heterocycles. The maximum atomic E-state index is 12.1. The number of benzene rings is 1. The molecule has 8 heteroatoms. The second-order valence-corrected chi connectivity index (χ2v) is 7.15. The third-order valence-electron chi connectivity index (χ3n) is 4.11. The predicted molar refractivity (Wildman–Crippen MR) is 98.9 cm³/mol. The molecule has 2 aromatic rings. The van der Waals surface area contributed by atoms with Crippen LogP contribution in [-0.4, -0.2) is 35.0 Å². The molecule has 3 rings (SSSR count). The third-order valence-corrected chi connectivity index (χ3v) is 5.18. The van der Waals surface area contributed by atoms with Crippen molar-refractivity contribution in [3.63, 3.8) is 0 Å². The van der Waals surface area contributed by atoms with Crippen molar-refractivity contribution in [2.24, 2.45) is 5.92 Å². The highest BCUT2D eigenvalue weighted by atomic mass is 35.5. The van der Waals surface area contributed by atoms with Crippen LogP contribution < -0.4 is 10.4 Å². The molecule has 1 aromatic heterocycles. The fourth-order valence-electron chi connectivity index (χ4n) is 2.82. The topological polar surface area (TPSA) is 67.3 Å². The summed E-state index contributed by atoms with van der Waals surface area (Å²) in [4.78, 5) is 23.9. The summed E-state index contributed by atoms with van der Waals surface area (Å²) in [5.74, 6) is 0.657. The van der Waals surface area contributed by atoms with Gasteiger partial charge in [0.2, 0.25) is 11.0 Å². The van der Waals surface area contributed by atoms with E-state index in [2.05, 4.69) is 19.7 Å². The number of halogens is 1. The molecular formula is C17H21ClN4O2S. The maximum absolute atomic E-state index is 12.1. The van der Waals surface area contributed by atoms with Gasteiger partial charge in [0, 0.05) is 36.1 Å². The predicted octanol–water partition coefficient (Wildman–Crippen LogP) is 3.07. The number of nitrogens with one attached hydrogen (secondary N) is 1. The minimum absolute atomic E-state index is 0.0579. The molecule has 0 radical (unpaired) electrons. The third kappa shape index (κ3) is 4.90. The number of nitrogens with zero attached hydrogens (tertiary/aromatic N) is 3. The van der Waals surface area contributed by atoms with Gasteiger partial charge in [-0.3, -0.25) is 9.63 Å². The Kier molecular flexibility index (Phi) is 6.23. The standard InChI is InChI=1S/C17H21ClN4O2S/c1-2-24-20-16(23)13-4-3-9-22(11-13)17-19-15(21-25-17)10-12-5-7-14(18)8-6-12/h5-8,13H,2-4,9-11H2,1H3,(H,20,23)/t13-/m0/s1. The number of anilines is 1. The Labute approximate surface area is 156 Å². The van der Waals surface area contributed by atoms with Crippen LogP contribution in [0.2, 0.25) is 5.02 Å². The lowest BCUT2D eigenvalue weighted by atomic mass is 9.98.